The Morgan fingerprint density at radius 1 is 1.38 bits per heavy atom. The number of amides is 3. The molecule has 2 aliphatic heterocycles. The fourth-order valence-electron chi connectivity index (χ4n) is 2.67. The average molecular weight is 397 g/mol. The first kappa shape index (κ1) is 19.6. The molecule has 2 fully saturated rings. The molecule has 11 heteroatoms. The number of rotatable bonds is 10. The van der Waals surface area contributed by atoms with Gasteiger partial charge in [-0.15, -0.1) is 0 Å². The van der Waals surface area contributed by atoms with E-state index in [2.05, 4.69) is 15.7 Å². The smallest absolute Gasteiger partial charge is 0.315 e. The van der Waals surface area contributed by atoms with Crippen molar-refractivity contribution in [1.29, 1.82) is 0 Å². The number of urea groups is 1. The van der Waals surface area contributed by atoms with E-state index < -0.39 is 13.6 Å². The first-order valence-electron chi connectivity index (χ1n) is 7.74. The van der Waals surface area contributed by atoms with Gasteiger partial charge >= 0.3 is 12.0 Å². The summed E-state index contributed by atoms with van der Waals surface area (Å²) in [6, 6.07) is 0.265. The number of hydrogen-bond donors (Lipinski definition) is 4. The van der Waals surface area contributed by atoms with Crippen molar-refractivity contribution in [3.63, 3.8) is 0 Å². The van der Waals surface area contributed by atoms with Gasteiger partial charge in [-0.2, -0.15) is 16.0 Å². The van der Waals surface area contributed by atoms with Gasteiger partial charge in [0.1, 0.15) is 0 Å². The van der Waals surface area contributed by atoms with E-state index >= 15 is 0 Å². The summed E-state index contributed by atoms with van der Waals surface area (Å²) in [7, 11) is -2.20. The summed E-state index contributed by atoms with van der Waals surface area (Å²) in [6.45, 7) is 0. The standard InChI is InChI=1S/C13H21FN3O4PS2/c14-22(24-6-5-11(19)20)17-10(18)4-2-1-3-9-12-8(7-23-9)15-13(21)16-12/h8-9,12H,1-7H2,(H,17,18)(H,19,20)(H2,15,16,21). The Bertz CT molecular complexity index is 488. The summed E-state index contributed by atoms with van der Waals surface area (Å²) in [6.07, 6.45) is 2.58. The highest BCUT2D eigenvalue weighted by atomic mass is 32.7. The molecule has 136 valence electrons. The molecule has 4 atom stereocenters. The van der Waals surface area contributed by atoms with Crippen LogP contribution in [0.1, 0.15) is 32.1 Å². The number of unbranched alkanes of at least 4 members (excludes halogenated alkanes) is 1. The van der Waals surface area contributed by atoms with E-state index in [1.807, 2.05) is 11.8 Å². The van der Waals surface area contributed by atoms with Gasteiger partial charge in [-0.05, 0) is 12.8 Å². The third-order valence-electron chi connectivity index (χ3n) is 3.81. The Morgan fingerprint density at radius 2 is 2.17 bits per heavy atom. The van der Waals surface area contributed by atoms with Crippen LogP contribution in [0.2, 0.25) is 0 Å². The number of fused-ring (bicyclic) bond motifs is 1. The van der Waals surface area contributed by atoms with Gasteiger partial charge in [0.25, 0.3) is 0 Å². The lowest BCUT2D eigenvalue weighted by atomic mass is 10.0. The van der Waals surface area contributed by atoms with Crippen molar-refractivity contribution in [3.05, 3.63) is 0 Å². The van der Waals surface area contributed by atoms with E-state index in [4.69, 9.17) is 5.11 Å². The molecule has 4 unspecified atom stereocenters. The van der Waals surface area contributed by atoms with Crippen LogP contribution in [0.15, 0.2) is 0 Å². The van der Waals surface area contributed by atoms with Gasteiger partial charge in [0.05, 0.1) is 18.5 Å². The molecular weight excluding hydrogens is 376 g/mol. The fourth-order valence-corrected chi connectivity index (χ4v) is 6.27. The van der Waals surface area contributed by atoms with E-state index in [0.29, 0.717) is 11.7 Å². The van der Waals surface area contributed by atoms with Crippen molar-refractivity contribution >= 4 is 48.6 Å². The zero-order chi connectivity index (χ0) is 17.5. The largest absolute Gasteiger partial charge is 0.481 e. The highest BCUT2D eigenvalue weighted by Crippen LogP contribution is 2.47. The highest BCUT2D eigenvalue weighted by molar-refractivity contribution is 8.53. The number of carboxylic acids is 1. The molecule has 2 aliphatic rings. The maximum Gasteiger partial charge on any atom is 0.315 e. The molecule has 0 aromatic heterocycles. The van der Waals surface area contributed by atoms with Gasteiger partial charge in [0, 0.05) is 23.2 Å². The molecule has 24 heavy (non-hydrogen) atoms. The van der Waals surface area contributed by atoms with Crippen LogP contribution in [0.25, 0.3) is 0 Å². The SMILES string of the molecule is O=C(O)CCSP(F)NC(=O)CCCCC1SCC2NC(=O)NC21. The lowest BCUT2D eigenvalue weighted by molar-refractivity contribution is -0.136. The molecule has 0 aliphatic carbocycles. The molecule has 4 N–H and O–H groups in total. The summed E-state index contributed by atoms with van der Waals surface area (Å²) >= 11 is 2.67. The molecular formula is C13H21FN3O4PS2. The minimum atomic E-state index is -2.20. The fraction of sp³-hybridized carbons (Fsp3) is 0.769. The lowest BCUT2D eigenvalue weighted by Crippen LogP contribution is -2.36. The van der Waals surface area contributed by atoms with Gasteiger partial charge in [-0.3, -0.25) is 9.59 Å². The molecule has 0 radical (unpaired) electrons. The predicted molar refractivity (Wildman–Crippen MR) is 94.8 cm³/mol. The van der Waals surface area contributed by atoms with Crippen LogP contribution in [0.3, 0.4) is 0 Å². The van der Waals surface area contributed by atoms with Crippen LogP contribution < -0.4 is 15.7 Å². The summed E-state index contributed by atoms with van der Waals surface area (Å²) in [5.41, 5.74) is 0. The highest BCUT2D eigenvalue weighted by Gasteiger charge is 2.42. The molecule has 0 spiro atoms. The Balaban J connectivity index is 1.53. The van der Waals surface area contributed by atoms with Crippen molar-refractivity contribution in [3.8, 4) is 0 Å². The molecule has 0 aromatic carbocycles. The Labute approximate surface area is 149 Å². The van der Waals surface area contributed by atoms with Crippen molar-refractivity contribution in [2.24, 2.45) is 0 Å². The van der Waals surface area contributed by atoms with Crippen molar-refractivity contribution < 1.29 is 23.7 Å². The maximum absolute atomic E-state index is 13.5. The van der Waals surface area contributed by atoms with Gasteiger partial charge in [-0.1, -0.05) is 17.8 Å². The normalized spacial score (nSPS) is 26.4. The third-order valence-corrected chi connectivity index (χ3v) is 7.86. The number of carbonyl (C=O) groups is 3. The van der Waals surface area contributed by atoms with Crippen LogP contribution in [-0.2, 0) is 9.59 Å². The summed E-state index contributed by atoms with van der Waals surface area (Å²) in [5, 5.41) is 16.9. The van der Waals surface area contributed by atoms with Crippen molar-refractivity contribution in [2.45, 2.75) is 49.4 Å². The molecule has 0 saturated carbocycles. The van der Waals surface area contributed by atoms with E-state index in [-0.39, 0.29) is 42.6 Å². The second kappa shape index (κ2) is 9.68. The van der Waals surface area contributed by atoms with Gasteiger partial charge < -0.3 is 20.8 Å². The van der Waals surface area contributed by atoms with Crippen LogP contribution >= 0.6 is 30.7 Å². The Morgan fingerprint density at radius 3 is 2.92 bits per heavy atom. The molecule has 2 saturated heterocycles. The Hall–Kier alpha value is -0.730. The minimum Gasteiger partial charge on any atom is -0.481 e. The number of hydrogen-bond acceptors (Lipinski definition) is 5. The number of nitrogens with one attached hydrogen (secondary N) is 3. The van der Waals surface area contributed by atoms with Crippen LogP contribution in [-0.4, -0.2) is 51.9 Å². The summed E-state index contributed by atoms with van der Waals surface area (Å²) in [5.74, 6) is -0.245. The third kappa shape index (κ3) is 6.29. The minimum absolute atomic E-state index is 0.105. The zero-order valence-electron chi connectivity index (χ0n) is 13.0. The molecule has 2 heterocycles. The lowest BCUT2D eigenvalue weighted by Gasteiger charge is -2.16. The first-order valence-corrected chi connectivity index (χ1v) is 11.6. The average Bonchev–Trinajstić information content (AvgIpc) is 3.02. The number of aliphatic carboxylic acids is 1. The van der Waals surface area contributed by atoms with E-state index in [9.17, 15) is 18.6 Å². The molecule has 3 amide bonds. The molecule has 0 aromatic rings. The zero-order valence-corrected chi connectivity index (χ0v) is 15.5. The summed E-state index contributed by atoms with van der Waals surface area (Å²) in [4.78, 5) is 33.2. The van der Waals surface area contributed by atoms with E-state index in [0.717, 1.165) is 30.0 Å². The van der Waals surface area contributed by atoms with Gasteiger partial charge in [0.15, 0.2) is 0 Å². The number of thioether (sulfide) groups is 1. The Kier molecular flexibility index (Phi) is 7.90. The number of carbonyl (C=O) groups excluding carboxylic acids is 2. The van der Waals surface area contributed by atoms with Crippen LogP contribution in [0, 0.1) is 0 Å². The van der Waals surface area contributed by atoms with Crippen molar-refractivity contribution in [1.82, 2.24) is 15.7 Å². The van der Waals surface area contributed by atoms with E-state index in [1.54, 1.807) is 0 Å². The first-order chi connectivity index (χ1) is 11.5. The molecule has 0 bridgehead atoms. The second-order valence-electron chi connectivity index (χ2n) is 5.62. The van der Waals surface area contributed by atoms with E-state index in [1.165, 1.54) is 0 Å². The number of carboxylic acid groups (broad SMARTS) is 1. The predicted octanol–water partition coefficient (Wildman–Crippen LogP) is 2.23. The molecule has 7 nitrogen and oxygen atoms in total. The van der Waals surface area contributed by atoms with Gasteiger partial charge in [0.2, 0.25) is 13.5 Å². The quantitative estimate of drug-likeness (QED) is 0.256. The van der Waals surface area contributed by atoms with Crippen LogP contribution in [0.5, 0.6) is 0 Å². The van der Waals surface area contributed by atoms with Crippen LogP contribution in [0.4, 0.5) is 8.99 Å². The van der Waals surface area contributed by atoms with Crippen molar-refractivity contribution in [2.75, 3.05) is 11.5 Å². The molecule has 2 rings (SSSR count). The maximum atomic E-state index is 13.5. The number of halogens is 1. The summed E-state index contributed by atoms with van der Waals surface area (Å²) < 4.78 is 13.5. The second-order valence-corrected chi connectivity index (χ2v) is 10.0. The van der Waals surface area contributed by atoms with Gasteiger partial charge in [-0.25, -0.2) is 4.79 Å². The monoisotopic (exact) mass is 397 g/mol. The topological polar surface area (TPSA) is 108 Å².